The number of carbonyl (C=O) groups excluding carboxylic acids is 1. The summed E-state index contributed by atoms with van der Waals surface area (Å²) in [7, 11) is 0. The van der Waals surface area contributed by atoms with Gasteiger partial charge in [-0.2, -0.15) is 0 Å². The van der Waals surface area contributed by atoms with Gasteiger partial charge >= 0.3 is 0 Å². The third kappa shape index (κ3) is 3.24. The van der Waals surface area contributed by atoms with Crippen LogP contribution in [0.4, 0.5) is 0 Å². The van der Waals surface area contributed by atoms with Crippen LogP contribution in [-0.4, -0.2) is 11.5 Å². The molecule has 0 saturated carbocycles. The lowest BCUT2D eigenvalue weighted by atomic mass is 9.91. The number of benzene rings is 1. The van der Waals surface area contributed by atoms with Crippen LogP contribution in [0.2, 0.25) is 0 Å². The van der Waals surface area contributed by atoms with E-state index >= 15 is 0 Å². The normalized spacial score (nSPS) is 19.6. The molecule has 1 unspecified atom stereocenters. The minimum atomic E-state index is 0.265. The third-order valence-corrected chi connectivity index (χ3v) is 3.88. The zero-order valence-electron chi connectivity index (χ0n) is 9.26. The topological polar surface area (TPSA) is 17.1 Å². The summed E-state index contributed by atoms with van der Waals surface area (Å²) in [5.74, 6) is 1.28. The number of hydrogen-bond acceptors (Lipinski definition) is 2. The molecule has 1 nitrogen and oxygen atoms in total. The molecule has 2 heteroatoms. The van der Waals surface area contributed by atoms with Crippen LogP contribution >= 0.6 is 11.8 Å². The predicted octanol–water partition coefficient (Wildman–Crippen LogP) is 3.70. The van der Waals surface area contributed by atoms with E-state index in [-0.39, 0.29) is 5.92 Å². The number of allylic oxidation sites excluding steroid dienone is 2. The standard InChI is InChI=1S/C14H16OS/c15-14(12-7-3-1-4-8-12)11-16-13-9-5-2-6-10-13/h1-3,5-6,9-10,12H,4,7-8,11H2. The maximum absolute atomic E-state index is 11.9. The zero-order chi connectivity index (χ0) is 11.2. The van der Waals surface area contributed by atoms with E-state index in [9.17, 15) is 4.79 Å². The maximum atomic E-state index is 11.9. The SMILES string of the molecule is O=C(CSc1ccccc1)C1CC=CCC1. The Hall–Kier alpha value is -1.02. The highest BCUT2D eigenvalue weighted by Gasteiger charge is 2.18. The fourth-order valence-electron chi connectivity index (χ4n) is 1.88. The number of Topliss-reactive ketones (excluding diaryl/α,β-unsaturated/α-hetero) is 1. The Morgan fingerprint density at radius 2 is 2.06 bits per heavy atom. The second kappa shape index (κ2) is 5.90. The summed E-state index contributed by atoms with van der Waals surface area (Å²) in [6.07, 6.45) is 7.35. The van der Waals surface area contributed by atoms with Gasteiger partial charge in [0, 0.05) is 10.8 Å². The van der Waals surface area contributed by atoms with Gasteiger partial charge in [0.2, 0.25) is 0 Å². The van der Waals surface area contributed by atoms with E-state index in [4.69, 9.17) is 0 Å². The van der Waals surface area contributed by atoms with E-state index in [1.54, 1.807) is 11.8 Å². The van der Waals surface area contributed by atoms with Gasteiger partial charge in [-0.25, -0.2) is 0 Å². The van der Waals surface area contributed by atoms with Gasteiger partial charge in [0.1, 0.15) is 5.78 Å². The molecule has 0 radical (unpaired) electrons. The molecule has 0 heterocycles. The molecule has 0 spiro atoms. The van der Waals surface area contributed by atoms with E-state index in [1.807, 2.05) is 18.2 Å². The van der Waals surface area contributed by atoms with Gasteiger partial charge in [-0.1, -0.05) is 30.4 Å². The number of rotatable bonds is 4. The first-order valence-electron chi connectivity index (χ1n) is 5.72. The van der Waals surface area contributed by atoms with Crippen LogP contribution < -0.4 is 0 Å². The molecule has 84 valence electrons. The van der Waals surface area contributed by atoms with Gasteiger partial charge in [-0.3, -0.25) is 4.79 Å². The molecule has 0 bridgehead atoms. The van der Waals surface area contributed by atoms with Crippen molar-refractivity contribution >= 4 is 17.5 Å². The van der Waals surface area contributed by atoms with Crippen molar-refractivity contribution in [2.45, 2.75) is 24.2 Å². The van der Waals surface area contributed by atoms with Crippen LogP contribution in [0.1, 0.15) is 19.3 Å². The van der Waals surface area contributed by atoms with Crippen molar-refractivity contribution in [3.63, 3.8) is 0 Å². The van der Waals surface area contributed by atoms with Crippen molar-refractivity contribution in [1.82, 2.24) is 0 Å². The number of ketones is 1. The van der Waals surface area contributed by atoms with Crippen molar-refractivity contribution in [3.05, 3.63) is 42.5 Å². The van der Waals surface area contributed by atoms with Gasteiger partial charge < -0.3 is 0 Å². The second-order valence-corrected chi connectivity index (χ2v) is 5.10. The van der Waals surface area contributed by atoms with Gasteiger partial charge in [-0.05, 0) is 31.4 Å². The summed E-state index contributed by atoms with van der Waals surface area (Å²) >= 11 is 1.65. The quantitative estimate of drug-likeness (QED) is 0.581. The van der Waals surface area contributed by atoms with Crippen molar-refractivity contribution < 1.29 is 4.79 Å². The molecule has 0 fully saturated rings. The fourth-order valence-corrected chi connectivity index (χ4v) is 2.77. The van der Waals surface area contributed by atoms with Crippen molar-refractivity contribution in [2.75, 3.05) is 5.75 Å². The second-order valence-electron chi connectivity index (χ2n) is 4.05. The van der Waals surface area contributed by atoms with E-state index in [0.717, 1.165) is 19.3 Å². The Morgan fingerprint density at radius 3 is 2.75 bits per heavy atom. The molecular formula is C14H16OS. The third-order valence-electron chi connectivity index (χ3n) is 2.85. The molecule has 1 atom stereocenters. The first kappa shape index (κ1) is 11.5. The average Bonchev–Trinajstić information content (AvgIpc) is 2.38. The molecule has 1 aliphatic rings. The maximum Gasteiger partial charge on any atom is 0.146 e. The number of carbonyl (C=O) groups is 1. The molecule has 0 amide bonds. The van der Waals surface area contributed by atoms with Crippen LogP contribution in [0.15, 0.2) is 47.4 Å². The van der Waals surface area contributed by atoms with Crippen LogP contribution in [0, 0.1) is 5.92 Å². The highest BCUT2D eigenvalue weighted by atomic mass is 32.2. The predicted molar refractivity (Wildman–Crippen MR) is 68.7 cm³/mol. The van der Waals surface area contributed by atoms with E-state index in [2.05, 4.69) is 24.3 Å². The molecular weight excluding hydrogens is 216 g/mol. The van der Waals surface area contributed by atoms with Gasteiger partial charge in [0.25, 0.3) is 0 Å². The Balaban J connectivity index is 1.82. The molecule has 0 saturated heterocycles. The van der Waals surface area contributed by atoms with Crippen LogP contribution in [0.25, 0.3) is 0 Å². The van der Waals surface area contributed by atoms with Crippen molar-refractivity contribution in [1.29, 1.82) is 0 Å². The summed E-state index contributed by atoms with van der Waals surface area (Å²) < 4.78 is 0. The highest BCUT2D eigenvalue weighted by molar-refractivity contribution is 8.00. The van der Waals surface area contributed by atoms with Gasteiger partial charge in [-0.15, -0.1) is 11.8 Å². The lowest BCUT2D eigenvalue weighted by Crippen LogP contribution is -2.17. The van der Waals surface area contributed by atoms with E-state index < -0.39 is 0 Å². The lowest BCUT2D eigenvalue weighted by Gasteiger charge is -2.15. The highest BCUT2D eigenvalue weighted by Crippen LogP contribution is 2.23. The van der Waals surface area contributed by atoms with Gasteiger partial charge in [0.15, 0.2) is 0 Å². The monoisotopic (exact) mass is 232 g/mol. The zero-order valence-corrected chi connectivity index (χ0v) is 10.1. The summed E-state index contributed by atoms with van der Waals surface area (Å²) in [5.41, 5.74) is 0. The minimum Gasteiger partial charge on any atom is -0.298 e. The molecule has 1 aromatic carbocycles. The van der Waals surface area contributed by atoms with Crippen LogP contribution in [-0.2, 0) is 4.79 Å². The summed E-state index contributed by atoms with van der Waals surface area (Å²) in [5, 5.41) is 0. The summed E-state index contributed by atoms with van der Waals surface area (Å²) in [6, 6.07) is 10.1. The molecule has 0 aliphatic heterocycles. The molecule has 16 heavy (non-hydrogen) atoms. The minimum absolute atomic E-state index is 0.265. The lowest BCUT2D eigenvalue weighted by molar-refractivity contribution is -0.120. The Kier molecular flexibility index (Phi) is 4.23. The van der Waals surface area contributed by atoms with Crippen LogP contribution in [0.3, 0.4) is 0 Å². The molecule has 1 aromatic rings. The first-order chi connectivity index (χ1) is 7.86. The van der Waals surface area contributed by atoms with Crippen LogP contribution in [0.5, 0.6) is 0 Å². The number of hydrogen-bond donors (Lipinski definition) is 0. The largest absolute Gasteiger partial charge is 0.298 e. The van der Waals surface area contributed by atoms with Gasteiger partial charge in [0.05, 0.1) is 5.75 Å². The van der Waals surface area contributed by atoms with Crippen molar-refractivity contribution in [3.8, 4) is 0 Å². The fraction of sp³-hybridized carbons (Fsp3) is 0.357. The summed E-state index contributed by atoms with van der Waals surface area (Å²) in [6.45, 7) is 0. The average molecular weight is 232 g/mol. The van der Waals surface area contributed by atoms with E-state index in [1.165, 1.54) is 4.90 Å². The Labute approximate surface area is 101 Å². The smallest absolute Gasteiger partial charge is 0.146 e. The Morgan fingerprint density at radius 1 is 1.25 bits per heavy atom. The Bertz CT molecular complexity index is 370. The molecule has 0 aromatic heterocycles. The van der Waals surface area contributed by atoms with E-state index in [0.29, 0.717) is 11.5 Å². The molecule has 1 aliphatic carbocycles. The molecule has 2 rings (SSSR count). The molecule has 0 N–H and O–H groups in total. The van der Waals surface area contributed by atoms with Crippen molar-refractivity contribution in [2.24, 2.45) is 5.92 Å². The number of thioether (sulfide) groups is 1. The summed E-state index contributed by atoms with van der Waals surface area (Å²) in [4.78, 5) is 13.1. The first-order valence-corrected chi connectivity index (χ1v) is 6.70.